The molecule has 0 saturated carbocycles. The van der Waals surface area contributed by atoms with Crippen molar-refractivity contribution >= 4 is 16.8 Å². The summed E-state index contributed by atoms with van der Waals surface area (Å²) in [4.78, 5) is 11.0. The molecule has 0 aromatic carbocycles. The summed E-state index contributed by atoms with van der Waals surface area (Å²) in [6.07, 6.45) is 1.39. The maximum absolute atomic E-state index is 11.0. The summed E-state index contributed by atoms with van der Waals surface area (Å²) in [6.45, 7) is 13.4. The quantitative estimate of drug-likeness (QED) is 0.580. The Morgan fingerprint density at radius 2 is 1.89 bits per heavy atom. The average molecular weight is 288 g/mol. The molecule has 0 amide bonds. The molecule has 0 bridgehead atoms. The first kappa shape index (κ1) is 16.8. The Morgan fingerprint density at radius 1 is 1.32 bits per heavy atom. The van der Waals surface area contributed by atoms with E-state index in [4.69, 9.17) is 13.9 Å². The largest absolute Gasteiger partial charge is 0.422 e. The molecular weight excluding hydrogens is 260 g/mol. The molecule has 0 aliphatic carbocycles. The van der Waals surface area contributed by atoms with Crippen LogP contribution in [0.2, 0.25) is 0 Å². The summed E-state index contributed by atoms with van der Waals surface area (Å²) in [6, 6.07) is 0. The number of ether oxygens (including phenoxy) is 2. The molecule has 1 heterocycles. The van der Waals surface area contributed by atoms with Crippen LogP contribution in [0.4, 0.5) is 0 Å². The van der Waals surface area contributed by atoms with E-state index >= 15 is 0 Å². The fraction of sp³-hybridized carbons (Fsp3) is 0.929. The normalized spacial score (nSPS) is 40.3. The van der Waals surface area contributed by atoms with Gasteiger partial charge in [0.05, 0.1) is 18.8 Å². The molecule has 1 rings (SSSR count). The Balaban J connectivity index is 3.17. The maximum atomic E-state index is 11.0. The van der Waals surface area contributed by atoms with E-state index in [1.54, 1.807) is 0 Å². The summed E-state index contributed by atoms with van der Waals surface area (Å²) in [5.74, 6) is -0.730. The standard InChI is InChI=1S/C14H28O4Si/c1-11(2,3)14(6)12(4,7-8-15)9-16-13(5,18-14)10-17-19/h8H,7,9-10H2,1-6,19H3/t12-,13+,14+/m0/s1. The maximum Gasteiger partial charge on any atom is 0.188 e. The van der Waals surface area contributed by atoms with E-state index in [-0.39, 0.29) is 10.8 Å². The predicted molar refractivity (Wildman–Crippen MR) is 78.0 cm³/mol. The molecule has 112 valence electrons. The molecule has 1 aliphatic heterocycles. The minimum absolute atomic E-state index is 0.110. The van der Waals surface area contributed by atoms with Gasteiger partial charge in [0, 0.05) is 11.8 Å². The molecule has 4 nitrogen and oxygen atoms in total. The second kappa shape index (κ2) is 5.28. The summed E-state index contributed by atoms with van der Waals surface area (Å²) in [5.41, 5.74) is -0.910. The van der Waals surface area contributed by atoms with Crippen LogP contribution in [0.25, 0.3) is 0 Å². The number of hydrogen-bond donors (Lipinski definition) is 0. The molecule has 19 heavy (non-hydrogen) atoms. The first-order valence-electron chi connectivity index (χ1n) is 6.80. The molecule has 0 N–H and O–H groups in total. The third kappa shape index (κ3) is 2.94. The average Bonchev–Trinajstić information content (AvgIpc) is 2.24. The van der Waals surface area contributed by atoms with Gasteiger partial charge in [-0.2, -0.15) is 0 Å². The van der Waals surface area contributed by atoms with Gasteiger partial charge in [-0.05, 0) is 19.3 Å². The summed E-state index contributed by atoms with van der Waals surface area (Å²) in [7, 11) is 0.652. The smallest absolute Gasteiger partial charge is 0.188 e. The third-order valence-corrected chi connectivity index (χ3v) is 4.93. The molecule has 0 spiro atoms. The number of hydrogen-bond acceptors (Lipinski definition) is 4. The highest BCUT2D eigenvalue weighted by Crippen LogP contribution is 2.53. The van der Waals surface area contributed by atoms with Crippen LogP contribution >= 0.6 is 0 Å². The van der Waals surface area contributed by atoms with Crippen LogP contribution in [0.1, 0.15) is 48.0 Å². The number of rotatable bonds is 4. The molecule has 3 atom stereocenters. The van der Waals surface area contributed by atoms with E-state index < -0.39 is 11.4 Å². The van der Waals surface area contributed by atoms with Crippen LogP contribution in [0, 0.1) is 10.8 Å². The van der Waals surface area contributed by atoms with Gasteiger partial charge in [-0.25, -0.2) is 0 Å². The second-order valence-corrected chi connectivity index (χ2v) is 7.75. The van der Waals surface area contributed by atoms with Crippen molar-refractivity contribution in [3.63, 3.8) is 0 Å². The molecule has 1 fully saturated rings. The van der Waals surface area contributed by atoms with Crippen LogP contribution in [0.3, 0.4) is 0 Å². The Morgan fingerprint density at radius 3 is 2.32 bits per heavy atom. The first-order valence-corrected chi connectivity index (χ1v) is 7.62. The summed E-state index contributed by atoms with van der Waals surface area (Å²) >= 11 is 0. The lowest BCUT2D eigenvalue weighted by Gasteiger charge is -2.60. The van der Waals surface area contributed by atoms with Crippen molar-refractivity contribution in [1.82, 2.24) is 0 Å². The summed E-state index contributed by atoms with van der Waals surface area (Å²) < 4.78 is 17.6. The zero-order valence-electron chi connectivity index (χ0n) is 13.3. The Kier molecular flexibility index (Phi) is 4.67. The fourth-order valence-corrected chi connectivity index (χ4v) is 3.39. The van der Waals surface area contributed by atoms with Crippen LogP contribution in [0.5, 0.6) is 0 Å². The molecule has 0 radical (unpaired) electrons. The Labute approximate surface area is 119 Å². The molecule has 5 heteroatoms. The Hall–Kier alpha value is -0.233. The first-order chi connectivity index (χ1) is 8.54. The van der Waals surface area contributed by atoms with Crippen molar-refractivity contribution < 1.29 is 18.7 Å². The molecule has 0 unspecified atom stereocenters. The van der Waals surface area contributed by atoms with Crippen LogP contribution in [-0.4, -0.2) is 41.4 Å². The minimum Gasteiger partial charge on any atom is -0.422 e. The van der Waals surface area contributed by atoms with Crippen molar-refractivity contribution in [3.05, 3.63) is 0 Å². The highest BCUT2D eigenvalue weighted by atomic mass is 28.2. The van der Waals surface area contributed by atoms with Gasteiger partial charge in [0.2, 0.25) is 0 Å². The van der Waals surface area contributed by atoms with E-state index in [1.165, 1.54) is 0 Å². The van der Waals surface area contributed by atoms with E-state index in [1.807, 2.05) is 6.92 Å². The number of carbonyl (C=O) groups excluding carboxylic acids is 1. The van der Waals surface area contributed by atoms with E-state index in [0.29, 0.717) is 30.1 Å². The van der Waals surface area contributed by atoms with Crippen LogP contribution in [-0.2, 0) is 18.7 Å². The van der Waals surface area contributed by atoms with Gasteiger partial charge in [-0.15, -0.1) is 0 Å². The molecule has 1 saturated heterocycles. The lowest BCUT2D eigenvalue weighted by atomic mass is 9.60. The van der Waals surface area contributed by atoms with Gasteiger partial charge < -0.3 is 18.7 Å². The van der Waals surface area contributed by atoms with Gasteiger partial charge in [0.25, 0.3) is 0 Å². The van der Waals surface area contributed by atoms with Gasteiger partial charge in [0.15, 0.2) is 5.79 Å². The molecule has 0 aromatic heterocycles. The topological polar surface area (TPSA) is 44.8 Å². The van der Waals surface area contributed by atoms with Crippen LogP contribution in [0.15, 0.2) is 0 Å². The Bertz CT molecular complexity index is 341. The molecular formula is C14H28O4Si. The van der Waals surface area contributed by atoms with E-state index in [0.717, 1.165) is 6.29 Å². The SMILES string of the molecule is CC(C)(C)[C@@]1(C)O[C@](C)(CO[SiH3])OC[C@]1(C)CC=O. The fourth-order valence-electron chi connectivity index (χ4n) is 2.86. The van der Waals surface area contributed by atoms with Crippen molar-refractivity contribution in [2.75, 3.05) is 13.2 Å². The van der Waals surface area contributed by atoms with Crippen LogP contribution < -0.4 is 0 Å². The monoisotopic (exact) mass is 288 g/mol. The highest BCUT2D eigenvalue weighted by Gasteiger charge is 2.59. The van der Waals surface area contributed by atoms with Gasteiger partial charge in [-0.1, -0.05) is 27.7 Å². The molecule has 0 aromatic rings. The zero-order valence-corrected chi connectivity index (χ0v) is 15.3. The zero-order chi connectivity index (χ0) is 14.9. The number of carbonyl (C=O) groups is 1. The highest BCUT2D eigenvalue weighted by molar-refractivity contribution is 5.97. The van der Waals surface area contributed by atoms with Crippen molar-refractivity contribution in [3.8, 4) is 0 Å². The summed E-state index contributed by atoms with van der Waals surface area (Å²) in [5, 5.41) is 0. The van der Waals surface area contributed by atoms with E-state index in [9.17, 15) is 4.79 Å². The lowest BCUT2D eigenvalue weighted by molar-refractivity contribution is -0.385. The second-order valence-electron chi connectivity index (χ2n) is 7.17. The van der Waals surface area contributed by atoms with Gasteiger partial charge >= 0.3 is 0 Å². The van der Waals surface area contributed by atoms with Gasteiger partial charge in [0.1, 0.15) is 16.8 Å². The lowest BCUT2D eigenvalue weighted by Crippen LogP contribution is -2.66. The van der Waals surface area contributed by atoms with Crippen molar-refractivity contribution in [2.24, 2.45) is 10.8 Å². The van der Waals surface area contributed by atoms with E-state index in [2.05, 4.69) is 34.6 Å². The van der Waals surface area contributed by atoms with Crippen molar-refractivity contribution in [2.45, 2.75) is 59.4 Å². The minimum atomic E-state index is -0.730. The number of aldehydes is 1. The molecule has 1 aliphatic rings. The predicted octanol–water partition coefficient (Wildman–Crippen LogP) is 1.45. The third-order valence-electron chi connectivity index (χ3n) is 4.64. The van der Waals surface area contributed by atoms with Crippen molar-refractivity contribution in [1.29, 1.82) is 0 Å². The van der Waals surface area contributed by atoms with Gasteiger partial charge in [-0.3, -0.25) is 0 Å².